The maximum atomic E-state index is 14.5. The van der Waals surface area contributed by atoms with Crippen LogP contribution in [0.3, 0.4) is 0 Å². The standard InChI is InChI=1S/C32H40F5NO2S/c33-25-13-11-23(12-14-25)27-10-5-7-24-21-31(39)30(34)22-29(24)28(27)9-3-1-2-4-17-38-18-6-8-26(38)15-19-41(40)20-16-32(35,36)37/h11-14,21-22,26,39H,1-10,15-20H2/t26-,41?/m0/s1. The Morgan fingerprint density at radius 2 is 1.71 bits per heavy atom. The Kier molecular flexibility index (Phi) is 11.4. The van der Waals surface area contributed by atoms with Gasteiger partial charge in [-0.05, 0) is 123 Å². The topological polar surface area (TPSA) is 40.5 Å². The largest absolute Gasteiger partial charge is 0.505 e. The quantitative estimate of drug-likeness (QED) is 0.186. The molecule has 1 N–H and O–H groups in total. The third-order valence-corrected chi connectivity index (χ3v) is 9.69. The number of phenols is 1. The van der Waals surface area contributed by atoms with Crippen molar-refractivity contribution in [2.24, 2.45) is 0 Å². The van der Waals surface area contributed by atoms with Gasteiger partial charge < -0.3 is 10.0 Å². The van der Waals surface area contributed by atoms with Gasteiger partial charge in [0.2, 0.25) is 0 Å². The number of rotatable bonds is 13. The highest BCUT2D eigenvalue weighted by Gasteiger charge is 2.29. The number of likely N-dealkylation sites (tertiary alicyclic amines) is 1. The summed E-state index contributed by atoms with van der Waals surface area (Å²) in [5.74, 6) is -1.25. The molecule has 1 fully saturated rings. The number of aromatic hydroxyl groups is 1. The summed E-state index contributed by atoms with van der Waals surface area (Å²) in [4.78, 5) is 2.40. The molecule has 1 unspecified atom stereocenters. The van der Waals surface area contributed by atoms with Crippen molar-refractivity contribution in [3.05, 3.63) is 64.7 Å². The highest BCUT2D eigenvalue weighted by atomic mass is 32.2. The zero-order chi connectivity index (χ0) is 29.4. The molecule has 2 aromatic rings. The fourth-order valence-electron chi connectivity index (χ4n) is 6.20. The number of allylic oxidation sites excluding steroid dienone is 2. The lowest BCUT2D eigenvalue weighted by Gasteiger charge is -2.24. The van der Waals surface area contributed by atoms with Crippen molar-refractivity contribution in [2.75, 3.05) is 24.6 Å². The second kappa shape index (κ2) is 14.8. The van der Waals surface area contributed by atoms with Crippen LogP contribution in [0.5, 0.6) is 5.75 Å². The second-order valence-electron chi connectivity index (χ2n) is 11.3. The fourth-order valence-corrected chi connectivity index (χ4v) is 7.40. The van der Waals surface area contributed by atoms with E-state index in [0.29, 0.717) is 18.2 Å². The summed E-state index contributed by atoms with van der Waals surface area (Å²) in [6.45, 7) is 1.90. The molecule has 1 aliphatic carbocycles. The Morgan fingerprint density at radius 1 is 0.951 bits per heavy atom. The van der Waals surface area contributed by atoms with E-state index in [9.17, 15) is 31.3 Å². The Morgan fingerprint density at radius 3 is 2.46 bits per heavy atom. The van der Waals surface area contributed by atoms with Crippen molar-refractivity contribution in [2.45, 2.75) is 89.3 Å². The third kappa shape index (κ3) is 9.37. The lowest BCUT2D eigenvalue weighted by Crippen LogP contribution is -2.31. The molecule has 2 atom stereocenters. The highest BCUT2D eigenvalue weighted by Crippen LogP contribution is 2.40. The number of phenolic OH excluding ortho intramolecular Hbond substituents is 1. The monoisotopic (exact) mass is 597 g/mol. The summed E-state index contributed by atoms with van der Waals surface area (Å²) in [6.07, 6.45) is 4.62. The normalized spacial score (nSPS) is 18.9. The van der Waals surface area contributed by atoms with Gasteiger partial charge in [-0.3, -0.25) is 4.21 Å². The molecule has 3 nitrogen and oxygen atoms in total. The van der Waals surface area contributed by atoms with Crippen LogP contribution in [0, 0.1) is 11.6 Å². The Balaban J connectivity index is 1.30. The summed E-state index contributed by atoms with van der Waals surface area (Å²) in [5.41, 5.74) is 4.91. The van der Waals surface area contributed by atoms with Crippen molar-refractivity contribution in [3.8, 4) is 5.75 Å². The summed E-state index contributed by atoms with van der Waals surface area (Å²) in [6, 6.07) is 9.75. The van der Waals surface area contributed by atoms with Gasteiger partial charge in [-0.2, -0.15) is 13.2 Å². The molecular formula is C32H40F5NO2S. The van der Waals surface area contributed by atoms with Crippen LogP contribution < -0.4 is 0 Å². The summed E-state index contributed by atoms with van der Waals surface area (Å²) in [5, 5.41) is 9.97. The van der Waals surface area contributed by atoms with Crippen molar-refractivity contribution >= 4 is 21.9 Å². The van der Waals surface area contributed by atoms with Crippen molar-refractivity contribution in [1.29, 1.82) is 0 Å². The van der Waals surface area contributed by atoms with Crippen LogP contribution in [0.15, 0.2) is 36.4 Å². The Bertz CT molecular complexity index is 1210. The first kappa shape index (κ1) is 31.7. The molecule has 0 amide bonds. The molecule has 1 saturated heterocycles. The molecule has 0 spiro atoms. The van der Waals surface area contributed by atoms with Gasteiger partial charge in [-0.25, -0.2) is 8.78 Å². The van der Waals surface area contributed by atoms with Gasteiger partial charge >= 0.3 is 6.18 Å². The number of nitrogens with zero attached hydrogens (tertiary/aromatic N) is 1. The minimum Gasteiger partial charge on any atom is -0.505 e. The van der Waals surface area contributed by atoms with Gasteiger partial charge in [0.15, 0.2) is 11.6 Å². The van der Waals surface area contributed by atoms with E-state index >= 15 is 0 Å². The number of alkyl halides is 3. The Labute approximate surface area is 242 Å². The molecule has 0 aromatic heterocycles. The molecule has 226 valence electrons. The number of halogens is 5. The van der Waals surface area contributed by atoms with Gasteiger partial charge in [0.25, 0.3) is 0 Å². The van der Waals surface area contributed by atoms with E-state index in [1.807, 2.05) is 0 Å². The molecule has 4 rings (SSSR count). The first-order valence-electron chi connectivity index (χ1n) is 14.8. The van der Waals surface area contributed by atoms with Crippen LogP contribution in [0.1, 0.15) is 87.3 Å². The predicted octanol–water partition coefficient (Wildman–Crippen LogP) is 8.42. The second-order valence-corrected chi connectivity index (χ2v) is 13.0. The fraction of sp³-hybridized carbons (Fsp3) is 0.562. The average molecular weight is 598 g/mol. The third-order valence-electron chi connectivity index (χ3n) is 8.34. The Hall–Kier alpha value is -2.26. The van der Waals surface area contributed by atoms with Crippen LogP contribution >= 0.6 is 0 Å². The minimum absolute atomic E-state index is 0.294. The van der Waals surface area contributed by atoms with Crippen molar-refractivity contribution in [1.82, 2.24) is 4.90 Å². The van der Waals surface area contributed by atoms with Crippen LogP contribution in [0.2, 0.25) is 0 Å². The molecule has 1 aliphatic heterocycles. The number of hydrogen-bond donors (Lipinski definition) is 1. The van der Waals surface area contributed by atoms with Crippen LogP contribution in [0.25, 0.3) is 11.1 Å². The summed E-state index contributed by atoms with van der Waals surface area (Å²) < 4.78 is 77.3. The van der Waals surface area contributed by atoms with Gasteiger partial charge in [-0.15, -0.1) is 0 Å². The zero-order valence-corrected chi connectivity index (χ0v) is 24.3. The molecule has 0 saturated carbocycles. The van der Waals surface area contributed by atoms with Gasteiger partial charge in [0, 0.05) is 28.3 Å². The average Bonchev–Trinajstić information content (AvgIpc) is 3.31. The zero-order valence-electron chi connectivity index (χ0n) is 23.5. The van der Waals surface area contributed by atoms with Crippen LogP contribution in [-0.4, -0.2) is 51.0 Å². The number of unbranched alkanes of at least 4 members (excludes halogenated alkanes) is 3. The number of fused-ring (bicyclic) bond motifs is 1. The van der Waals surface area contributed by atoms with E-state index < -0.39 is 29.2 Å². The maximum absolute atomic E-state index is 14.5. The summed E-state index contributed by atoms with van der Waals surface area (Å²) in [7, 11) is -1.44. The van der Waals surface area contributed by atoms with E-state index in [2.05, 4.69) is 4.90 Å². The van der Waals surface area contributed by atoms with E-state index in [-0.39, 0.29) is 17.3 Å². The van der Waals surface area contributed by atoms with Crippen molar-refractivity contribution in [3.63, 3.8) is 0 Å². The molecule has 0 bridgehead atoms. The molecule has 2 aromatic carbocycles. The van der Waals surface area contributed by atoms with E-state index in [4.69, 9.17) is 0 Å². The first-order chi connectivity index (χ1) is 19.6. The number of benzene rings is 2. The minimum atomic E-state index is -4.26. The SMILES string of the molecule is O=S(CC[C@@H]1CCCN1CCCCCCC1=C(c2ccc(F)cc2)CCCc2cc(O)c(F)cc21)CCC(F)(F)F. The predicted molar refractivity (Wildman–Crippen MR) is 155 cm³/mol. The van der Waals surface area contributed by atoms with E-state index in [0.717, 1.165) is 105 Å². The number of aryl methyl sites for hydroxylation is 1. The lowest BCUT2D eigenvalue weighted by molar-refractivity contribution is -0.129. The van der Waals surface area contributed by atoms with Crippen LogP contribution in [-0.2, 0) is 17.2 Å². The van der Waals surface area contributed by atoms with Gasteiger partial charge in [-0.1, -0.05) is 25.0 Å². The van der Waals surface area contributed by atoms with Gasteiger partial charge in [0.1, 0.15) is 5.82 Å². The van der Waals surface area contributed by atoms with E-state index in [1.165, 1.54) is 24.3 Å². The maximum Gasteiger partial charge on any atom is 0.390 e. The highest BCUT2D eigenvalue weighted by molar-refractivity contribution is 7.84. The van der Waals surface area contributed by atoms with Crippen LogP contribution in [0.4, 0.5) is 22.0 Å². The molecule has 0 radical (unpaired) electrons. The summed E-state index contributed by atoms with van der Waals surface area (Å²) >= 11 is 0. The lowest BCUT2D eigenvalue weighted by atomic mass is 9.89. The smallest absolute Gasteiger partial charge is 0.390 e. The molecule has 2 aliphatic rings. The molecule has 9 heteroatoms. The number of hydrogen-bond acceptors (Lipinski definition) is 3. The first-order valence-corrected chi connectivity index (χ1v) is 16.2. The molecular weight excluding hydrogens is 557 g/mol. The molecule has 41 heavy (non-hydrogen) atoms. The molecule has 1 heterocycles. The van der Waals surface area contributed by atoms with Crippen molar-refractivity contribution < 1.29 is 31.3 Å². The van der Waals surface area contributed by atoms with Gasteiger partial charge in [0.05, 0.1) is 6.42 Å². The van der Waals surface area contributed by atoms with E-state index in [1.54, 1.807) is 12.1 Å².